The summed E-state index contributed by atoms with van der Waals surface area (Å²) in [4.78, 5) is 6.98. The van der Waals surface area contributed by atoms with Crippen LogP contribution in [-0.4, -0.2) is 25.6 Å². The number of pyridine rings is 1. The first kappa shape index (κ1) is 20.6. The second-order valence-corrected chi connectivity index (χ2v) is 8.97. The van der Waals surface area contributed by atoms with E-state index in [1.165, 1.54) is 33.8 Å². The Morgan fingerprint density at radius 2 is 1.80 bits per heavy atom. The van der Waals surface area contributed by atoms with Gasteiger partial charge in [-0.1, -0.05) is 18.2 Å². The van der Waals surface area contributed by atoms with Crippen LogP contribution in [0.25, 0.3) is 5.69 Å². The van der Waals surface area contributed by atoms with Crippen LogP contribution >= 0.6 is 12.2 Å². The molecule has 5 heteroatoms. The molecule has 0 saturated carbocycles. The van der Waals surface area contributed by atoms with Crippen molar-refractivity contribution < 1.29 is 0 Å². The van der Waals surface area contributed by atoms with Crippen molar-refractivity contribution >= 4 is 17.3 Å². The van der Waals surface area contributed by atoms with E-state index in [4.69, 9.17) is 12.2 Å². The second-order valence-electron chi connectivity index (χ2n) is 8.58. The smallest absolute Gasteiger partial charge is 0.170 e. The molecule has 0 bridgehead atoms. The maximum absolute atomic E-state index is 5.77. The van der Waals surface area contributed by atoms with Crippen LogP contribution in [0.1, 0.15) is 59.7 Å². The Labute approximate surface area is 184 Å². The summed E-state index contributed by atoms with van der Waals surface area (Å²) in [7, 11) is 0. The number of hydrogen-bond donors (Lipinski definition) is 1. The Hall–Kier alpha value is -2.66. The van der Waals surface area contributed by atoms with Gasteiger partial charge in [-0.25, -0.2) is 0 Å². The lowest BCUT2D eigenvalue weighted by Crippen LogP contribution is -2.35. The summed E-state index contributed by atoms with van der Waals surface area (Å²) in [5, 5.41) is 4.35. The highest BCUT2D eigenvalue weighted by molar-refractivity contribution is 7.80. The highest BCUT2D eigenvalue weighted by Gasteiger charge is 2.42. The molecule has 1 aliphatic rings. The van der Waals surface area contributed by atoms with E-state index in [1.807, 2.05) is 18.3 Å². The van der Waals surface area contributed by atoms with E-state index in [-0.39, 0.29) is 18.1 Å². The molecule has 1 N–H and O–H groups in total. The number of thiocarbonyl (C=S) groups is 1. The Morgan fingerprint density at radius 1 is 1.03 bits per heavy atom. The molecule has 2 atom stereocenters. The molecule has 156 valence electrons. The first-order valence-corrected chi connectivity index (χ1v) is 11.0. The van der Waals surface area contributed by atoms with E-state index in [2.05, 4.69) is 91.6 Å². The minimum absolute atomic E-state index is 0.0219. The fourth-order valence-corrected chi connectivity index (χ4v) is 5.12. The van der Waals surface area contributed by atoms with Crippen molar-refractivity contribution in [2.45, 2.75) is 59.7 Å². The molecule has 2 aromatic heterocycles. The van der Waals surface area contributed by atoms with Crippen molar-refractivity contribution in [3.63, 3.8) is 0 Å². The molecule has 0 spiro atoms. The quantitative estimate of drug-likeness (QED) is 0.568. The molecular formula is C25H30N4S. The maximum Gasteiger partial charge on any atom is 0.170 e. The summed E-state index contributed by atoms with van der Waals surface area (Å²) >= 11 is 5.77. The van der Waals surface area contributed by atoms with Gasteiger partial charge in [-0.2, -0.15) is 0 Å². The minimum atomic E-state index is 0.0219. The number of nitrogens with one attached hydrogen (secondary N) is 1. The number of nitrogens with zero attached hydrogens (tertiary/aromatic N) is 3. The SMILES string of the molecule is Cc1ccc(C)c(-n2c(C)cc([C@@H]3[C@@H](c4ccccn4)NC(=S)N3C(C)C)c2C)c1. The van der Waals surface area contributed by atoms with Crippen LogP contribution in [-0.2, 0) is 0 Å². The summed E-state index contributed by atoms with van der Waals surface area (Å²) in [6.07, 6.45) is 1.86. The summed E-state index contributed by atoms with van der Waals surface area (Å²) in [6, 6.07) is 15.5. The zero-order valence-corrected chi connectivity index (χ0v) is 19.4. The van der Waals surface area contributed by atoms with Gasteiger partial charge in [0.05, 0.1) is 17.8 Å². The van der Waals surface area contributed by atoms with Crippen molar-refractivity contribution in [3.05, 3.63) is 82.4 Å². The van der Waals surface area contributed by atoms with Gasteiger partial charge in [0, 0.05) is 29.3 Å². The first-order valence-electron chi connectivity index (χ1n) is 10.6. The van der Waals surface area contributed by atoms with Gasteiger partial charge >= 0.3 is 0 Å². The van der Waals surface area contributed by atoms with E-state index >= 15 is 0 Å². The largest absolute Gasteiger partial charge is 0.352 e. The van der Waals surface area contributed by atoms with Crippen LogP contribution < -0.4 is 5.32 Å². The predicted octanol–water partition coefficient (Wildman–Crippen LogP) is 5.49. The van der Waals surface area contributed by atoms with Crippen molar-refractivity contribution in [2.24, 2.45) is 0 Å². The van der Waals surface area contributed by atoms with Crippen molar-refractivity contribution in [1.29, 1.82) is 0 Å². The summed E-state index contributed by atoms with van der Waals surface area (Å²) < 4.78 is 2.38. The lowest BCUT2D eigenvalue weighted by atomic mass is 9.96. The fourth-order valence-electron chi connectivity index (χ4n) is 4.67. The molecule has 4 nitrogen and oxygen atoms in total. The third-order valence-electron chi connectivity index (χ3n) is 6.09. The van der Waals surface area contributed by atoms with E-state index in [9.17, 15) is 0 Å². The summed E-state index contributed by atoms with van der Waals surface area (Å²) in [5.41, 5.74) is 8.59. The molecule has 4 rings (SSSR count). The Bertz CT molecular complexity index is 1080. The molecule has 1 fully saturated rings. The maximum atomic E-state index is 5.77. The minimum Gasteiger partial charge on any atom is -0.352 e. The first-order chi connectivity index (χ1) is 14.3. The molecule has 0 unspecified atom stereocenters. The lowest BCUT2D eigenvalue weighted by molar-refractivity contribution is 0.269. The molecule has 3 aromatic rings. The fraction of sp³-hybridized carbons (Fsp3) is 0.360. The number of aryl methyl sites for hydroxylation is 3. The van der Waals surface area contributed by atoms with E-state index in [0.29, 0.717) is 0 Å². The highest BCUT2D eigenvalue weighted by atomic mass is 32.1. The second kappa shape index (κ2) is 7.88. The average Bonchev–Trinajstić information content (AvgIpc) is 3.20. The van der Waals surface area contributed by atoms with Crippen molar-refractivity contribution in [3.8, 4) is 5.69 Å². The van der Waals surface area contributed by atoms with Crippen LogP contribution in [0.5, 0.6) is 0 Å². The molecule has 30 heavy (non-hydrogen) atoms. The molecular weight excluding hydrogens is 388 g/mol. The van der Waals surface area contributed by atoms with Crippen LogP contribution in [0.4, 0.5) is 0 Å². The normalized spacial score (nSPS) is 18.9. The third-order valence-corrected chi connectivity index (χ3v) is 6.41. The number of rotatable bonds is 4. The van der Waals surface area contributed by atoms with E-state index in [0.717, 1.165) is 10.8 Å². The zero-order chi connectivity index (χ0) is 21.6. The third kappa shape index (κ3) is 3.41. The van der Waals surface area contributed by atoms with Crippen molar-refractivity contribution in [2.75, 3.05) is 0 Å². The van der Waals surface area contributed by atoms with Gasteiger partial charge in [-0.3, -0.25) is 4.98 Å². The van der Waals surface area contributed by atoms with Gasteiger partial charge in [0.15, 0.2) is 5.11 Å². The van der Waals surface area contributed by atoms with Gasteiger partial charge in [-0.15, -0.1) is 0 Å². The van der Waals surface area contributed by atoms with Gasteiger partial charge in [0.25, 0.3) is 0 Å². The van der Waals surface area contributed by atoms with Crippen molar-refractivity contribution in [1.82, 2.24) is 19.8 Å². The Balaban J connectivity index is 1.88. The van der Waals surface area contributed by atoms with Crippen LogP contribution in [0, 0.1) is 27.7 Å². The monoisotopic (exact) mass is 418 g/mol. The summed E-state index contributed by atoms with van der Waals surface area (Å²) in [5.74, 6) is 0. The standard InChI is InChI=1S/C25H30N4S/c1-15(2)28-24(23(27-25(28)30)21-9-7-8-12-26-21)20-14-18(5)29(19(20)6)22-13-16(3)10-11-17(22)4/h7-15,23-24H,1-6H3,(H,27,30)/t23-,24-/m1/s1. The molecule has 0 radical (unpaired) electrons. The van der Waals surface area contributed by atoms with E-state index < -0.39 is 0 Å². The van der Waals surface area contributed by atoms with Gasteiger partial charge in [-0.05, 0) is 94.7 Å². The Morgan fingerprint density at radius 3 is 2.47 bits per heavy atom. The number of hydrogen-bond acceptors (Lipinski definition) is 2. The lowest BCUT2D eigenvalue weighted by Gasteiger charge is -2.31. The Kier molecular flexibility index (Phi) is 5.41. The topological polar surface area (TPSA) is 33.1 Å². The molecule has 1 aromatic carbocycles. The highest BCUT2D eigenvalue weighted by Crippen LogP contribution is 2.42. The predicted molar refractivity (Wildman–Crippen MR) is 127 cm³/mol. The molecule has 0 aliphatic carbocycles. The molecule has 3 heterocycles. The molecule has 1 saturated heterocycles. The van der Waals surface area contributed by atoms with E-state index in [1.54, 1.807) is 0 Å². The van der Waals surface area contributed by atoms with Gasteiger partial charge < -0.3 is 14.8 Å². The van der Waals surface area contributed by atoms with Crippen LogP contribution in [0.2, 0.25) is 0 Å². The average molecular weight is 419 g/mol. The van der Waals surface area contributed by atoms with Gasteiger partial charge in [0.2, 0.25) is 0 Å². The molecule has 1 aliphatic heterocycles. The van der Waals surface area contributed by atoms with Crippen LogP contribution in [0.15, 0.2) is 48.7 Å². The molecule has 0 amide bonds. The van der Waals surface area contributed by atoms with Crippen LogP contribution in [0.3, 0.4) is 0 Å². The number of benzene rings is 1. The number of aromatic nitrogens is 2. The summed E-state index contributed by atoms with van der Waals surface area (Å²) in [6.45, 7) is 13.1. The van der Waals surface area contributed by atoms with Gasteiger partial charge in [0.1, 0.15) is 0 Å². The zero-order valence-electron chi connectivity index (χ0n) is 18.6.